The number of rotatable bonds is 3. The zero-order chi connectivity index (χ0) is 13.1. The third kappa shape index (κ3) is 2.48. The summed E-state index contributed by atoms with van der Waals surface area (Å²) in [6, 6.07) is 8.41. The highest BCUT2D eigenvalue weighted by atomic mass is 16.2. The second-order valence-corrected chi connectivity index (χ2v) is 4.90. The van der Waals surface area contributed by atoms with Gasteiger partial charge in [-0.1, -0.05) is 18.2 Å². The highest BCUT2D eigenvalue weighted by Gasteiger charge is 2.29. The smallest absolute Gasteiger partial charge is 0.242 e. The van der Waals surface area contributed by atoms with Gasteiger partial charge in [-0.25, -0.2) is 0 Å². The van der Waals surface area contributed by atoms with Crippen LogP contribution in [0.2, 0.25) is 0 Å². The van der Waals surface area contributed by atoms with Crippen molar-refractivity contribution in [1.29, 1.82) is 0 Å². The number of hydrogen-bond acceptors (Lipinski definition) is 3. The molecule has 0 aromatic heterocycles. The van der Waals surface area contributed by atoms with E-state index in [4.69, 9.17) is 5.73 Å². The number of likely N-dealkylation sites (N-methyl/N-ethyl adjacent to an activating group) is 1. The maximum atomic E-state index is 12.0. The maximum absolute atomic E-state index is 12.0. The molecule has 1 saturated heterocycles. The molecule has 0 radical (unpaired) electrons. The number of hydrogen-bond donors (Lipinski definition) is 1. The van der Waals surface area contributed by atoms with Crippen LogP contribution in [0.25, 0.3) is 0 Å². The summed E-state index contributed by atoms with van der Waals surface area (Å²) in [6.07, 6.45) is 0.852. The van der Waals surface area contributed by atoms with Crippen molar-refractivity contribution in [3.05, 3.63) is 29.8 Å². The van der Waals surface area contributed by atoms with Crippen molar-refractivity contribution in [2.75, 3.05) is 31.6 Å². The van der Waals surface area contributed by atoms with Gasteiger partial charge in [0.05, 0.1) is 12.6 Å². The summed E-state index contributed by atoms with van der Waals surface area (Å²) < 4.78 is 0. The van der Waals surface area contributed by atoms with Crippen molar-refractivity contribution in [3.8, 4) is 0 Å². The molecule has 98 valence electrons. The molecular formula is C14H21N3O. The van der Waals surface area contributed by atoms with Gasteiger partial charge in [-0.05, 0) is 31.5 Å². The summed E-state index contributed by atoms with van der Waals surface area (Å²) in [7, 11) is 1.87. The molecule has 0 spiro atoms. The fourth-order valence-corrected chi connectivity index (χ4v) is 2.50. The van der Waals surface area contributed by atoms with E-state index in [1.165, 1.54) is 5.56 Å². The topological polar surface area (TPSA) is 49.6 Å². The molecule has 1 aliphatic rings. The molecule has 0 aliphatic carbocycles. The fraction of sp³-hybridized carbons (Fsp3) is 0.500. The molecule has 1 fully saturated rings. The van der Waals surface area contributed by atoms with E-state index < -0.39 is 0 Å². The number of amides is 1. The van der Waals surface area contributed by atoms with Crippen LogP contribution in [-0.4, -0.2) is 43.5 Å². The van der Waals surface area contributed by atoms with Crippen molar-refractivity contribution in [1.82, 2.24) is 4.90 Å². The molecule has 1 amide bonds. The van der Waals surface area contributed by atoms with Gasteiger partial charge in [-0.2, -0.15) is 0 Å². The third-order valence-electron chi connectivity index (χ3n) is 3.65. The summed E-state index contributed by atoms with van der Waals surface area (Å²) in [5.74, 6) is 0.169. The first-order valence-corrected chi connectivity index (χ1v) is 6.39. The fourth-order valence-electron chi connectivity index (χ4n) is 2.50. The molecule has 1 aliphatic heterocycles. The molecule has 1 unspecified atom stereocenters. The van der Waals surface area contributed by atoms with Gasteiger partial charge in [0.25, 0.3) is 0 Å². The van der Waals surface area contributed by atoms with Gasteiger partial charge in [-0.15, -0.1) is 0 Å². The van der Waals surface area contributed by atoms with Crippen molar-refractivity contribution in [3.63, 3.8) is 0 Å². The first kappa shape index (κ1) is 12.9. The molecule has 18 heavy (non-hydrogen) atoms. The van der Waals surface area contributed by atoms with Crippen LogP contribution in [0.1, 0.15) is 12.0 Å². The third-order valence-corrected chi connectivity index (χ3v) is 3.65. The lowest BCUT2D eigenvalue weighted by Crippen LogP contribution is -2.55. The molecule has 0 saturated carbocycles. The average molecular weight is 247 g/mol. The van der Waals surface area contributed by atoms with E-state index in [2.05, 4.69) is 24.0 Å². The molecule has 1 atom stereocenters. The standard InChI is InChI=1S/C14H21N3O/c1-11-5-3-4-6-13(11)17-9-12(7-8-15)16(2)14(18)10-17/h3-6,12H,7-10,15H2,1-2H3. The van der Waals surface area contributed by atoms with E-state index in [1.807, 2.05) is 24.1 Å². The number of anilines is 1. The number of nitrogens with two attached hydrogens (primary N) is 1. The molecule has 2 rings (SSSR count). The summed E-state index contributed by atoms with van der Waals surface area (Å²) in [4.78, 5) is 16.0. The van der Waals surface area contributed by atoms with Gasteiger partial charge in [-0.3, -0.25) is 4.79 Å². The van der Waals surface area contributed by atoms with E-state index in [0.29, 0.717) is 13.1 Å². The van der Waals surface area contributed by atoms with Gasteiger partial charge < -0.3 is 15.5 Å². The van der Waals surface area contributed by atoms with E-state index in [-0.39, 0.29) is 11.9 Å². The molecule has 4 heteroatoms. The summed E-state index contributed by atoms with van der Waals surface area (Å²) in [5.41, 5.74) is 7.99. The Hall–Kier alpha value is -1.55. The van der Waals surface area contributed by atoms with Gasteiger partial charge in [0.2, 0.25) is 5.91 Å². The van der Waals surface area contributed by atoms with E-state index >= 15 is 0 Å². The van der Waals surface area contributed by atoms with Crippen LogP contribution in [0.3, 0.4) is 0 Å². The number of para-hydroxylation sites is 1. The Morgan fingerprint density at radius 3 is 2.78 bits per heavy atom. The Bertz CT molecular complexity index is 433. The van der Waals surface area contributed by atoms with Gasteiger partial charge in [0.1, 0.15) is 0 Å². The summed E-state index contributed by atoms with van der Waals surface area (Å²) >= 11 is 0. The second-order valence-electron chi connectivity index (χ2n) is 4.90. The van der Waals surface area contributed by atoms with Crippen LogP contribution in [0.15, 0.2) is 24.3 Å². The average Bonchev–Trinajstić information content (AvgIpc) is 2.35. The van der Waals surface area contributed by atoms with Gasteiger partial charge in [0, 0.05) is 19.3 Å². The van der Waals surface area contributed by atoms with E-state index in [1.54, 1.807) is 0 Å². The molecule has 4 nitrogen and oxygen atoms in total. The Morgan fingerprint density at radius 1 is 1.39 bits per heavy atom. The van der Waals surface area contributed by atoms with Crippen LogP contribution < -0.4 is 10.6 Å². The monoisotopic (exact) mass is 247 g/mol. The Balaban J connectivity index is 2.20. The number of carbonyl (C=O) groups is 1. The molecule has 1 aromatic carbocycles. The molecule has 1 aromatic rings. The zero-order valence-electron chi connectivity index (χ0n) is 11.1. The van der Waals surface area contributed by atoms with Crippen LogP contribution >= 0.6 is 0 Å². The maximum Gasteiger partial charge on any atom is 0.242 e. The molecule has 1 heterocycles. The number of piperazine rings is 1. The largest absolute Gasteiger partial charge is 0.360 e. The lowest BCUT2D eigenvalue weighted by Gasteiger charge is -2.40. The lowest BCUT2D eigenvalue weighted by molar-refractivity contribution is -0.132. The van der Waals surface area contributed by atoms with Crippen LogP contribution in [0, 0.1) is 6.92 Å². The highest BCUT2D eigenvalue weighted by Crippen LogP contribution is 2.23. The number of nitrogens with zero attached hydrogens (tertiary/aromatic N) is 2. The SMILES string of the molecule is Cc1ccccc1N1CC(=O)N(C)C(CCN)C1. The first-order valence-electron chi connectivity index (χ1n) is 6.39. The van der Waals surface area contributed by atoms with Gasteiger partial charge >= 0.3 is 0 Å². The predicted molar refractivity (Wildman–Crippen MR) is 73.6 cm³/mol. The van der Waals surface area contributed by atoms with Crippen LogP contribution in [-0.2, 0) is 4.79 Å². The van der Waals surface area contributed by atoms with Crippen LogP contribution in [0.5, 0.6) is 0 Å². The molecule has 2 N–H and O–H groups in total. The summed E-state index contributed by atoms with van der Waals surface area (Å²) in [5, 5.41) is 0. The second kappa shape index (κ2) is 5.40. The highest BCUT2D eigenvalue weighted by molar-refractivity contribution is 5.83. The molecule has 0 bridgehead atoms. The lowest BCUT2D eigenvalue weighted by atomic mass is 10.1. The van der Waals surface area contributed by atoms with Gasteiger partial charge in [0.15, 0.2) is 0 Å². The van der Waals surface area contributed by atoms with Crippen LogP contribution in [0.4, 0.5) is 5.69 Å². The Kier molecular flexibility index (Phi) is 3.87. The number of aryl methyl sites for hydroxylation is 1. The number of carbonyl (C=O) groups excluding carboxylic acids is 1. The Morgan fingerprint density at radius 2 is 2.11 bits per heavy atom. The normalized spacial score (nSPS) is 20.4. The van der Waals surface area contributed by atoms with Crippen molar-refractivity contribution in [2.45, 2.75) is 19.4 Å². The summed E-state index contributed by atoms with van der Waals surface area (Å²) in [6.45, 7) is 4.02. The zero-order valence-corrected chi connectivity index (χ0v) is 11.1. The predicted octanol–water partition coefficient (Wildman–Crippen LogP) is 0.991. The Labute approximate surface area is 108 Å². The minimum atomic E-state index is 0.169. The van der Waals surface area contributed by atoms with Crippen molar-refractivity contribution in [2.24, 2.45) is 5.73 Å². The first-order chi connectivity index (χ1) is 8.63. The minimum absolute atomic E-state index is 0.169. The quantitative estimate of drug-likeness (QED) is 0.866. The van der Waals surface area contributed by atoms with E-state index in [0.717, 1.165) is 18.7 Å². The van der Waals surface area contributed by atoms with E-state index in [9.17, 15) is 4.79 Å². The number of benzene rings is 1. The van der Waals surface area contributed by atoms with Crippen molar-refractivity contribution >= 4 is 11.6 Å². The van der Waals surface area contributed by atoms with Crippen molar-refractivity contribution < 1.29 is 4.79 Å². The minimum Gasteiger partial charge on any atom is -0.360 e. The molecular weight excluding hydrogens is 226 g/mol.